The molecule has 0 heterocycles. The van der Waals surface area contributed by atoms with Crippen molar-refractivity contribution in [2.75, 3.05) is 13.1 Å². The van der Waals surface area contributed by atoms with Crippen LogP contribution in [0.2, 0.25) is 0 Å². The van der Waals surface area contributed by atoms with Crippen LogP contribution in [-0.4, -0.2) is 30.4 Å². The molecule has 0 unspecified atom stereocenters. The van der Waals surface area contributed by atoms with E-state index in [1.807, 2.05) is 6.92 Å². The van der Waals surface area contributed by atoms with Crippen LogP contribution >= 0.6 is 0 Å². The molecule has 5 heteroatoms. The molecule has 4 N–H and O–H groups in total. The van der Waals surface area contributed by atoms with Crippen LogP contribution in [0.25, 0.3) is 0 Å². The number of rotatable bonds is 6. The van der Waals surface area contributed by atoms with Crippen molar-refractivity contribution in [2.24, 2.45) is 5.73 Å². The lowest BCUT2D eigenvalue weighted by atomic mass is 9.77. The molecule has 0 aliphatic heterocycles. The lowest BCUT2D eigenvalue weighted by molar-refractivity contribution is -0.129. The van der Waals surface area contributed by atoms with Crippen molar-refractivity contribution in [3.63, 3.8) is 0 Å². The molecule has 0 atom stereocenters. The van der Waals surface area contributed by atoms with E-state index >= 15 is 0 Å². The minimum Gasteiger partial charge on any atom is -0.356 e. The average Bonchev–Trinajstić information content (AvgIpc) is 2.22. The normalized spacial score (nSPS) is 17.4. The van der Waals surface area contributed by atoms with Gasteiger partial charge in [0.05, 0.1) is 5.54 Å². The highest BCUT2D eigenvalue weighted by atomic mass is 16.2. The third kappa shape index (κ3) is 3.48. The van der Waals surface area contributed by atoms with Crippen molar-refractivity contribution in [1.82, 2.24) is 10.6 Å². The summed E-state index contributed by atoms with van der Waals surface area (Å²) >= 11 is 0. The number of nitrogens with two attached hydrogens (primary N) is 1. The number of amides is 2. The molecule has 1 saturated carbocycles. The number of hydrogen-bond donors (Lipinski definition) is 3. The number of nitrogens with one attached hydrogen (secondary N) is 2. The molecule has 1 aliphatic carbocycles. The van der Waals surface area contributed by atoms with Gasteiger partial charge in [0.25, 0.3) is 0 Å². The molecule has 0 radical (unpaired) electrons. The van der Waals surface area contributed by atoms with E-state index in [4.69, 9.17) is 5.73 Å². The molecule has 1 aliphatic rings. The Bertz CT molecular complexity index is 262. The highest BCUT2D eigenvalue weighted by molar-refractivity contribution is 5.87. The molecule has 5 nitrogen and oxygen atoms in total. The summed E-state index contributed by atoms with van der Waals surface area (Å²) in [5.41, 5.74) is 5.16. The average molecular weight is 227 g/mol. The highest BCUT2D eigenvalue weighted by Gasteiger charge is 2.39. The Morgan fingerprint density at radius 3 is 2.44 bits per heavy atom. The smallest absolute Gasteiger partial charge is 0.240 e. The van der Waals surface area contributed by atoms with E-state index in [1.165, 1.54) is 0 Å². The Kier molecular flexibility index (Phi) is 4.73. The van der Waals surface area contributed by atoms with Gasteiger partial charge in [0.15, 0.2) is 0 Å². The van der Waals surface area contributed by atoms with Gasteiger partial charge in [-0.1, -0.05) is 6.92 Å². The summed E-state index contributed by atoms with van der Waals surface area (Å²) in [5.74, 6) is -0.149. The van der Waals surface area contributed by atoms with Crippen LogP contribution in [0.4, 0.5) is 0 Å². The summed E-state index contributed by atoms with van der Waals surface area (Å²) in [6.07, 6.45) is 3.76. The van der Waals surface area contributed by atoms with Crippen LogP contribution in [0.5, 0.6) is 0 Å². The van der Waals surface area contributed by atoms with E-state index in [0.717, 1.165) is 25.7 Å². The molecule has 0 aromatic carbocycles. The van der Waals surface area contributed by atoms with E-state index in [2.05, 4.69) is 10.6 Å². The topological polar surface area (TPSA) is 84.2 Å². The van der Waals surface area contributed by atoms with Gasteiger partial charge in [-0.25, -0.2) is 0 Å². The Hall–Kier alpha value is -1.10. The molecule has 0 aromatic rings. The van der Waals surface area contributed by atoms with Gasteiger partial charge in [-0.3, -0.25) is 9.59 Å². The summed E-state index contributed by atoms with van der Waals surface area (Å²) in [6.45, 7) is 3.05. The number of carbonyl (C=O) groups excluding carboxylic acids is 2. The maximum absolute atomic E-state index is 11.6. The van der Waals surface area contributed by atoms with Gasteiger partial charge in [0.1, 0.15) is 0 Å². The number of carbonyl (C=O) groups is 2. The van der Waals surface area contributed by atoms with Crippen LogP contribution in [0.15, 0.2) is 0 Å². The Morgan fingerprint density at radius 1 is 1.25 bits per heavy atom. The van der Waals surface area contributed by atoms with Crippen LogP contribution < -0.4 is 16.4 Å². The lowest BCUT2D eigenvalue weighted by Crippen LogP contribution is -2.58. The van der Waals surface area contributed by atoms with Crippen LogP contribution in [0.3, 0.4) is 0 Å². The zero-order valence-corrected chi connectivity index (χ0v) is 9.84. The molecule has 1 fully saturated rings. The first-order valence-corrected chi connectivity index (χ1v) is 5.92. The zero-order chi connectivity index (χ0) is 12.0. The fourth-order valence-corrected chi connectivity index (χ4v) is 1.60. The van der Waals surface area contributed by atoms with Crippen molar-refractivity contribution < 1.29 is 9.59 Å². The predicted octanol–water partition coefficient (Wildman–Crippen LogP) is -0.0997. The van der Waals surface area contributed by atoms with Crippen molar-refractivity contribution in [3.05, 3.63) is 0 Å². The second kappa shape index (κ2) is 5.84. The quantitative estimate of drug-likeness (QED) is 0.592. The minimum atomic E-state index is -0.667. The summed E-state index contributed by atoms with van der Waals surface area (Å²) in [7, 11) is 0. The molecular weight excluding hydrogens is 206 g/mol. The summed E-state index contributed by atoms with van der Waals surface area (Å²) in [4.78, 5) is 22.8. The van der Waals surface area contributed by atoms with Gasteiger partial charge in [-0.2, -0.15) is 0 Å². The van der Waals surface area contributed by atoms with Gasteiger partial charge in [-0.05, 0) is 25.7 Å². The first-order chi connectivity index (χ1) is 7.58. The fourth-order valence-electron chi connectivity index (χ4n) is 1.60. The molecule has 0 bridgehead atoms. The number of hydrogen-bond acceptors (Lipinski definition) is 3. The Morgan fingerprint density at radius 2 is 1.94 bits per heavy atom. The third-order valence-corrected chi connectivity index (χ3v) is 2.91. The van der Waals surface area contributed by atoms with Gasteiger partial charge in [0.2, 0.25) is 11.8 Å². The maximum atomic E-state index is 11.6. The second-order valence-electron chi connectivity index (χ2n) is 4.37. The fraction of sp³-hybridized carbons (Fsp3) is 0.818. The second-order valence-corrected chi connectivity index (χ2v) is 4.37. The van der Waals surface area contributed by atoms with Gasteiger partial charge >= 0.3 is 0 Å². The van der Waals surface area contributed by atoms with Crippen molar-refractivity contribution in [3.8, 4) is 0 Å². The predicted molar refractivity (Wildman–Crippen MR) is 61.7 cm³/mol. The highest BCUT2D eigenvalue weighted by Crippen LogP contribution is 2.28. The SMILES string of the molecule is CCCNC(=O)CCNC(=O)C1(N)CCC1. The van der Waals surface area contributed by atoms with Gasteiger partial charge in [-0.15, -0.1) is 0 Å². The maximum Gasteiger partial charge on any atom is 0.240 e. The minimum absolute atomic E-state index is 0.0261. The van der Waals surface area contributed by atoms with Crippen molar-refractivity contribution in [2.45, 2.75) is 44.6 Å². The Labute approximate surface area is 96.1 Å². The lowest BCUT2D eigenvalue weighted by Gasteiger charge is -2.36. The van der Waals surface area contributed by atoms with Crippen LogP contribution in [0, 0.1) is 0 Å². The molecule has 0 aromatic heterocycles. The summed E-state index contributed by atoms with van der Waals surface area (Å²) in [5, 5.41) is 5.46. The molecule has 1 rings (SSSR count). The first kappa shape index (κ1) is 13.0. The molecule has 92 valence electrons. The Balaban J connectivity index is 2.10. The van der Waals surface area contributed by atoms with Crippen molar-refractivity contribution in [1.29, 1.82) is 0 Å². The standard InChI is InChI=1S/C11H21N3O2/c1-2-7-13-9(15)4-8-14-10(16)11(12)5-3-6-11/h2-8,12H2,1H3,(H,13,15)(H,14,16). The van der Waals surface area contributed by atoms with Gasteiger partial charge < -0.3 is 16.4 Å². The molecule has 0 saturated heterocycles. The first-order valence-electron chi connectivity index (χ1n) is 5.92. The molecular formula is C11H21N3O2. The largest absolute Gasteiger partial charge is 0.356 e. The zero-order valence-electron chi connectivity index (χ0n) is 9.84. The van der Waals surface area contributed by atoms with E-state index in [-0.39, 0.29) is 11.8 Å². The van der Waals surface area contributed by atoms with Gasteiger partial charge in [0, 0.05) is 19.5 Å². The van der Waals surface area contributed by atoms with Crippen LogP contribution in [-0.2, 0) is 9.59 Å². The van der Waals surface area contributed by atoms with Crippen LogP contribution in [0.1, 0.15) is 39.0 Å². The monoisotopic (exact) mass is 227 g/mol. The third-order valence-electron chi connectivity index (χ3n) is 2.91. The van der Waals surface area contributed by atoms with E-state index in [9.17, 15) is 9.59 Å². The van der Waals surface area contributed by atoms with E-state index < -0.39 is 5.54 Å². The van der Waals surface area contributed by atoms with E-state index in [1.54, 1.807) is 0 Å². The van der Waals surface area contributed by atoms with Crippen molar-refractivity contribution >= 4 is 11.8 Å². The summed E-state index contributed by atoms with van der Waals surface area (Å²) < 4.78 is 0. The molecule has 0 spiro atoms. The van der Waals surface area contributed by atoms with E-state index in [0.29, 0.717) is 19.5 Å². The summed E-state index contributed by atoms with van der Waals surface area (Å²) in [6, 6.07) is 0. The molecule has 16 heavy (non-hydrogen) atoms. The molecule has 2 amide bonds.